The molecule has 0 aromatic heterocycles. The molecule has 1 amide bonds. The fourth-order valence-electron chi connectivity index (χ4n) is 2.96. The molecule has 1 aromatic carbocycles. The number of phenols is 1. The molecule has 1 heterocycles. The Morgan fingerprint density at radius 2 is 1.73 bits per heavy atom. The van der Waals surface area contributed by atoms with Crippen molar-refractivity contribution in [2.75, 3.05) is 18.8 Å². The second-order valence-corrected chi connectivity index (χ2v) is 9.84. The van der Waals surface area contributed by atoms with Crippen molar-refractivity contribution in [3.63, 3.8) is 0 Å². The quantitative estimate of drug-likeness (QED) is 0.616. The predicted octanol–water partition coefficient (Wildman–Crippen LogP) is 4.43. The van der Waals surface area contributed by atoms with Crippen LogP contribution in [0.4, 0.5) is 0 Å². The van der Waals surface area contributed by atoms with Crippen LogP contribution in [0, 0.1) is 11.3 Å². The van der Waals surface area contributed by atoms with Crippen molar-refractivity contribution in [3.05, 3.63) is 33.7 Å². The maximum absolute atomic E-state index is 12.6. The molecule has 1 fully saturated rings. The van der Waals surface area contributed by atoms with E-state index in [0.29, 0.717) is 17.2 Å². The molecular formula is C21H28N2O2S. The number of nitrogens with zero attached hydrogens (tertiary/aromatic N) is 2. The third-order valence-electron chi connectivity index (χ3n) is 4.42. The highest BCUT2D eigenvalue weighted by Crippen LogP contribution is 2.40. The second-order valence-electron chi connectivity index (χ2n) is 8.71. The number of hydrogen-bond donors (Lipinski definition) is 1. The largest absolute Gasteiger partial charge is 0.507 e. The third kappa shape index (κ3) is 4.42. The van der Waals surface area contributed by atoms with Crippen molar-refractivity contribution in [1.29, 1.82) is 5.26 Å². The Kier molecular flexibility index (Phi) is 5.77. The summed E-state index contributed by atoms with van der Waals surface area (Å²) < 4.78 is 0. The highest BCUT2D eigenvalue weighted by atomic mass is 32.2. The molecule has 1 aromatic rings. The van der Waals surface area contributed by atoms with Gasteiger partial charge in [-0.3, -0.25) is 4.79 Å². The lowest BCUT2D eigenvalue weighted by molar-refractivity contribution is -0.125. The third-order valence-corrected chi connectivity index (χ3v) is 5.41. The monoisotopic (exact) mass is 372 g/mol. The molecule has 2 rings (SSSR count). The topological polar surface area (TPSA) is 64.3 Å². The summed E-state index contributed by atoms with van der Waals surface area (Å²) in [6, 6.07) is 5.99. The van der Waals surface area contributed by atoms with Gasteiger partial charge in [-0.2, -0.15) is 5.26 Å². The zero-order valence-corrected chi connectivity index (χ0v) is 17.3. The predicted molar refractivity (Wildman–Crippen MR) is 108 cm³/mol. The van der Waals surface area contributed by atoms with Crippen molar-refractivity contribution in [3.8, 4) is 11.8 Å². The van der Waals surface area contributed by atoms with Crippen LogP contribution in [0.15, 0.2) is 17.0 Å². The Hall–Kier alpha value is -1.93. The number of carbonyl (C=O) groups is 1. The first kappa shape index (κ1) is 20.4. The van der Waals surface area contributed by atoms with Crippen molar-refractivity contribution in [2.24, 2.45) is 0 Å². The summed E-state index contributed by atoms with van der Waals surface area (Å²) in [6.45, 7) is 13.1. The van der Waals surface area contributed by atoms with E-state index in [1.807, 2.05) is 18.2 Å². The van der Waals surface area contributed by atoms with Crippen LogP contribution in [0.3, 0.4) is 0 Å². The fourth-order valence-corrected chi connectivity index (χ4v) is 3.96. The maximum atomic E-state index is 12.6. The zero-order chi connectivity index (χ0) is 19.7. The summed E-state index contributed by atoms with van der Waals surface area (Å²) in [5.41, 5.74) is 2.23. The molecular weight excluding hydrogens is 344 g/mol. The number of carbonyl (C=O) groups excluding carboxylic acids is 1. The standard InChI is InChI=1S/C21H28N2O2S/c1-20(2,3)15-11-14(12-16(18(15)24)21(4,5)6)13-17-19(25)23(8-7-22)9-10-26-17/h11-13,24H,8-10H2,1-6H3/b17-13+. The number of aromatic hydroxyl groups is 1. The summed E-state index contributed by atoms with van der Waals surface area (Å²) in [4.78, 5) is 14.8. The van der Waals surface area contributed by atoms with Gasteiger partial charge in [0, 0.05) is 23.4 Å². The van der Waals surface area contributed by atoms with E-state index in [2.05, 4.69) is 47.6 Å². The van der Waals surface area contributed by atoms with Crippen LogP contribution in [0.2, 0.25) is 0 Å². The molecule has 0 saturated carbocycles. The smallest absolute Gasteiger partial charge is 0.261 e. The summed E-state index contributed by atoms with van der Waals surface area (Å²) in [5.74, 6) is 1.03. The average Bonchev–Trinajstić information content (AvgIpc) is 2.50. The number of amides is 1. The Morgan fingerprint density at radius 1 is 1.19 bits per heavy atom. The van der Waals surface area contributed by atoms with Crippen LogP contribution in [0.25, 0.3) is 6.08 Å². The van der Waals surface area contributed by atoms with E-state index in [1.54, 1.807) is 4.90 Å². The molecule has 0 radical (unpaired) electrons. The van der Waals surface area contributed by atoms with Gasteiger partial charge in [0.05, 0.1) is 11.0 Å². The number of phenolic OH excluding ortho intramolecular Hbond substituents is 1. The highest BCUT2D eigenvalue weighted by Gasteiger charge is 2.27. The minimum atomic E-state index is -0.213. The van der Waals surface area contributed by atoms with E-state index in [9.17, 15) is 9.90 Å². The van der Waals surface area contributed by atoms with Crippen LogP contribution >= 0.6 is 11.8 Å². The number of rotatable bonds is 2. The Bertz CT molecular complexity index is 742. The second kappa shape index (κ2) is 7.36. The van der Waals surface area contributed by atoms with Gasteiger partial charge >= 0.3 is 0 Å². The number of thioether (sulfide) groups is 1. The van der Waals surface area contributed by atoms with Gasteiger partial charge in [-0.1, -0.05) is 41.5 Å². The van der Waals surface area contributed by atoms with Gasteiger partial charge in [-0.05, 0) is 34.6 Å². The van der Waals surface area contributed by atoms with E-state index in [-0.39, 0.29) is 23.3 Å². The summed E-state index contributed by atoms with van der Waals surface area (Å²) in [5, 5.41) is 19.7. The Labute approximate surface area is 160 Å². The number of hydrogen-bond acceptors (Lipinski definition) is 4. The van der Waals surface area contributed by atoms with Crippen LogP contribution < -0.4 is 0 Å². The first-order valence-electron chi connectivity index (χ1n) is 8.84. The molecule has 5 heteroatoms. The summed E-state index contributed by atoms with van der Waals surface area (Å²) >= 11 is 1.52. The van der Waals surface area contributed by atoms with Gasteiger partial charge in [0.25, 0.3) is 5.91 Å². The van der Waals surface area contributed by atoms with Crippen LogP contribution in [-0.4, -0.2) is 34.8 Å². The lowest BCUT2D eigenvalue weighted by Gasteiger charge is -2.28. The molecule has 1 aliphatic rings. The van der Waals surface area contributed by atoms with Gasteiger partial charge in [-0.25, -0.2) is 0 Å². The number of benzene rings is 1. The fraction of sp³-hybridized carbons (Fsp3) is 0.524. The van der Waals surface area contributed by atoms with Crippen molar-refractivity contribution in [1.82, 2.24) is 4.90 Å². The van der Waals surface area contributed by atoms with E-state index >= 15 is 0 Å². The van der Waals surface area contributed by atoms with Crippen molar-refractivity contribution < 1.29 is 9.90 Å². The molecule has 4 nitrogen and oxygen atoms in total. The summed E-state index contributed by atoms with van der Waals surface area (Å²) in [6.07, 6.45) is 1.89. The summed E-state index contributed by atoms with van der Waals surface area (Å²) in [7, 11) is 0. The van der Waals surface area contributed by atoms with Crippen molar-refractivity contribution in [2.45, 2.75) is 52.4 Å². The van der Waals surface area contributed by atoms with E-state index in [0.717, 1.165) is 22.4 Å². The molecule has 0 unspecified atom stereocenters. The minimum absolute atomic E-state index is 0.0921. The first-order valence-corrected chi connectivity index (χ1v) is 9.82. The average molecular weight is 373 g/mol. The van der Waals surface area contributed by atoms with Crippen LogP contribution in [-0.2, 0) is 15.6 Å². The lowest BCUT2D eigenvalue weighted by atomic mass is 9.78. The maximum Gasteiger partial charge on any atom is 0.261 e. The van der Waals surface area contributed by atoms with Gasteiger partial charge < -0.3 is 10.0 Å². The zero-order valence-electron chi connectivity index (χ0n) is 16.5. The van der Waals surface area contributed by atoms with E-state index < -0.39 is 0 Å². The molecule has 0 spiro atoms. The molecule has 0 atom stereocenters. The van der Waals surface area contributed by atoms with Gasteiger partial charge in [0.2, 0.25) is 0 Å². The van der Waals surface area contributed by atoms with Crippen LogP contribution in [0.5, 0.6) is 5.75 Å². The van der Waals surface area contributed by atoms with E-state index in [1.165, 1.54) is 11.8 Å². The van der Waals surface area contributed by atoms with Gasteiger partial charge in [0.1, 0.15) is 12.3 Å². The number of nitriles is 1. The van der Waals surface area contributed by atoms with Crippen LogP contribution in [0.1, 0.15) is 58.2 Å². The molecule has 0 aliphatic carbocycles. The van der Waals surface area contributed by atoms with E-state index in [4.69, 9.17) is 5.26 Å². The van der Waals surface area contributed by atoms with Gasteiger partial charge in [-0.15, -0.1) is 11.8 Å². The molecule has 26 heavy (non-hydrogen) atoms. The Balaban J connectivity index is 2.56. The van der Waals surface area contributed by atoms with Gasteiger partial charge in [0.15, 0.2) is 0 Å². The minimum Gasteiger partial charge on any atom is -0.507 e. The first-order chi connectivity index (χ1) is 11.9. The normalized spacial score (nSPS) is 17.5. The molecule has 1 saturated heterocycles. The lowest BCUT2D eigenvalue weighted by Crippen LogP contribution is -2.37. The molecule has 1 aliphatic heterocycles. The molecule has 0 bridgehead atoms. The van der Waals surface area contributed by atoms with Crippen molar-refractivity contribution >= 4 is 23.7 Å². The Morgan fingerprint density at radius 3 is 2.19 bits per heavy atom. The molecule has 140 valence electrons. The highest BCUT2D eigenvalue weighted by molar-refractivity contribution is 8.04. The SMILES string of the molecule is CC(C)(C)c1cc(/C=C2/SCCN(CC#N)C2=O)cc(C(C)(C)C)c1O. The molecule has 1 N–H and O–H groups in total.